The molecule has 26 heavy (non-hydrogen) atoms. The number of carboxylic acid groups (broad SMARTS) is 1. The maximum Gasteiger partial charge on any atom is 0.326 e. The highest BCUT2D eigenvalue weighted by atomic mass is 16.4. The van der Waals surface area contributed by atoms with Gasteiger partial charge in [-0.05, 0) is 26.0 Å². The summed E-state index contributed by atoms with van der Waals surface area (Å²) in [5.41, 5.74) is 1.08. The lowest BCUT2D eigenvalue weighted by Gasteiger charge is -2.25. The molecule has 2 N–H and O–H groups in total. The number of aliphatic carboxylic acids is 1. The van der Waals surface area contributed by atoms with Crippen molar-refractivity contribution in [3.8, 4) is 11.5 Å². The van der Waals surface area contributed by atoms with E-state index in [1.165, 1.54) is 13.8 Å². The van der Waals surface area contributed by atoms with Gasteiger partial charge < -0.3 is 19.7 Å². The Bertz CT molecular complexity index is 800. The summed E-state index contributed by atoms with van der Waals surface area (Å²) in [6.45, 7) is 4.54. The third-order valence-electron chi connectivity index (χ3n) is 3.82. The molecule has 0 radical (unpaired) electrons. The molecule has 0 spiro atoms. The number of aryl methyl sites for hydroxylation is 1. The number of benzene rings is 1. The number of oxazole rings is 1. The van der Waals surface area contributed by atoms with Gasteiger partial charge in [0.15, 0.2) is 0 Å². The van der Waals surface area contributed by atoms with E-state index in [2.05, 4.69) is 10.3 Å². The van der Waals surface area contributed by atoms with E-state index in [9.17, 15) is 19.5 Å². The van der Waals surface area contributed by atoms with Gasteiger partial charge in [-0.1, -0.05) is 18.2 Å². The van der Waals surface area contributed by atoms with Crippen molar-refractivity contribution in [3.63, 3.8) is 0 Å². The van der Waals surface area contributed by atoms with Crippen LogP contribution in [0.25, 0.3) is 11.5 Å². The first-order valence-electron chi connectivity index (χ1n) is 8.12. The molecule has 2 amide bonds. The third-order valence-corrected chi connectivity index (χ3v) is 3.82. The molecule has 0 aliphatic rings. The molecule has 0 fully saturated rings. The summed E-state index contributed by atoms with van der Waals surface area (Å²) in [5, 5.41) is 11.8. The number of carbonyl (C=O) groups is 3. The van der Waals surface area contributed by atoms with E-state index >= 15 is 0 Å². The number of carboxylic acids is 1. The molecular formula is C18H21N3O5. The number of aromatic nitrogens is 1. The van der Waals surface area contributed by atoms with Crippen LogP contribution in [-0.2, 0) is 9.59 Å². The van der Waals surface area contributed by atoms with Crippen molar-refractivity contribution in [1.82, 2.24) is 15.2 Å². The van der Waals surface area contributed by atoms with Crippen LogP contribution >= 0.6 is 0 Å². The Balaban J connectivity index is 2.28. The van der Waals surface area contributed by atoms with Crippen LogP contribution in [0.1, 0.15) is 30.1 Å². The number of amides is 2. The van der Waals surface area contributed by atoms with Crippen molar-refractivity contribution in [2.75, 3.05) is 13.1 Å². The van der Waals surface area contributed by atoms with E-state index in [4.69, 9.17) is 4.42 Å². The van der Waals surface area contributed by atoms with Crippen LogP contribution in [0.3, 0.4) is 0 Å². The minimum atomic E-state index is -1.15. The SMILES string of the molecule is CC(=O)NCCN(C(=O)c1oc(-c2ccccc2)nc1C)C(C)C(=O)O. The fourth-order valence-electron chi connectivity index (χ4n) is 2.39. The van der Waals surface area contributed by atoms with Gasteiger partial charge in [-0.3, -0.25) is 9.59 Å². The Labute approximate surface area is 150 Å². The van der Waals surface area contributed by atoms with Crippen molar-refractivity contribution in [1.29, 1.82) is 0 Å². The lowest BCUT2D eigenvalue weighted by molar-refractivity contribution is -0.141. The fourth-order valence-corrected chi connectivity index (χ4v) is 2.39. The van der Waals surface area contributed by atoms with Gasteiger partial charge in [0.05, 0.1) is 5.69 Å². The molecule has 0 bridgehead atoms. The van der Waals surface area contributed by atoms with E-state index < -0.39 is 17.9 Å². The maximum absolute atomic E-state index is 12.8. The molecule has 0 saturated heterocycles. The van der Waals surface area contributed by atoms with E-state index in [1.807, 2.05) is 18.2 Å². The Morgan fingerprint density at radius 1 is 1.27 bits per heavy atom. The largest absolute Gasteiger partial charge is 0.480 e. The average Bonchev–Trinajstić information content (AvgIpc) is 3.00. The Hall–Kier alpha value is -3.16. The third kappa shape index (κ3) is 4.47. The van der Waals surface area contributed by atoms with Crippen LogP contribution in [0, 0.1) is 6.92 Å². The van der Waals surface area contributed by atoms with Gasteiger partial charge in [-0.25, -0.2) is 9.78 Å². The molecule has 0 aliphatic heterocycles. The van der Waals surface area contributed by atoms with Crippen LogP contribution in [0.5, 0.6) is 0 Å². The van der Waals surface area contributed by atoms with Gasteiger partial charge in [0, 0.05) is 25.6 Å². The van der Waals surface area contributed by atoms with Crippen LogP contribution in [0.15, 0.2) is 34.7 Å². The number of carbonyl (C=O) groups excluding carboxylic acids is 2. The second-order valence-electron chi connectivity index (χ2n) is 5.80. The van der Waals surface area contributed by atoms with E-state index in [-0.39, 0.29) is 30.6 Å². The molecule has 1 unspecified atom stereocenters. The summed E-state index contributed by atoms with van der Waals surface area (Å²) in [4.78, 5) is 40.6. The van der Waals surface area contributed by atoms with Gasteiger partial charge in [-0.15, -0.1) is 0 Å². The quantitative estimate of drug-likeness (QED) is 0.778. The molecular weight excluding hydrogens is 338 g/mol. The highest BCUT2D eigenvalue weighted by Crippen LogP contribution is 2.23. The van der Waals surface area contributed by atoms with Crippen molar-refractivity contribution in [2.45, 2.75) is 26.8 Å². The second-order valence-corrected chi connectivity index (χ2v) is 5.80. The highest BCUT2D eigenvalue weighted by molar-refractivity contribution is 5.95. The topological polar surface area (TPSA) is 113 Å². The van der Waals surface area contributed by atoms with Gasteiger partial charge in [0.1, 0.15) is 6.04 Å². The van der Waals surface area contributed by atoms with Crippen LogP contribution in [-0.4, -0.2) is 51.9 Å². The number of rotatable bonds is 7. The molecule has 0 saturated carbocycles. The lowest BCUT2D eigenvalue weighted by Crippen LogP contribution is -2.46. The molecule has 1 atom stereocenters. The Morgan fingerprint density at radius 3 is 2.50 bits per heavy atom. The minimum Gasteiger partial charge on any atom is -0.480 e. The van der Waals surface area contributed by atoms with E-state index in [1.54, 1.807) is 19.1 Å². The van der Waals surface area contributed by atoms with Gasteiger partial charge in [0.25, 0.3) is 5.91 Å². The van der Waals surface area contributed by atoms with Gasteiger partial charge >= 0.3 is 5.97 Å². The molecule has 8 heteroatoms. The van der Waals surface area contributed by atoms with Crippen molar-refractivity contribution < 1.29 is 23.9 Å². The predicted molar refractivity (Wildman–Crippen MR) is 93.5 cm³/mol. The first-order chi connectivity index (χ1) is 12.3. The van der Waals surface area contributed by atoms with Crippen molar-refractivity contribution in [3.05, 3.63) is 41.8 Å². The highest BCUT2D eigenvalue weighted by Gasteiger charge is 2.30. The standard InChI is InChI=1S/C18H21N3O5/c1-11-15(26-16(20-11)14-7-5-4-6-8-14)17(23)21(12(2)18(24)25)10-9-19-13(3)22/h4-8,12H,9-10H2,1-3H3,(H,19,22)(H,24,25). The van der Waals surface area contributed by atoms with Crippen LogP contribution in [0.2, 0.25) is 0 Å². The summed E-state index contributed by atoms with van der Waals surface area (Å²) in [7, 11) is 0. The number of nitrogens with one attached hydrogen (secondary N) is 1. The van der Waals surface area contributed by atoms with Gasteiger partial charge in [-0.2, -0.15) is 0 Å². The van der Waals surface area contributed by atoms with E-state index in [0.717, 1.165) is 4.90 Å². The predicted octanol–water partition coefficient (Wildman–Crippen LogP) is 1.70. The lowest BCUT2D eigenvalue weighted by atomic mass is 10.2. The summed E-state index contributed by atoms with van der Waals surface area (Å²) in [5.74, 6) is -1.72. The molecule has 8 nitrogen and oxygen atoms in total. The zero-order chi connectivity index (χ0) is 19.3. The first kappa shape index (κ1) is 19.2. The zero-order valence-electron chi connectivity index (χ0n) is 14.9. The van der Waals surface area contributed by atoms with Gasteiger partial charge in [0.2, 0.25) is 17.6 Å². The molecule has 0 aliphatic carbocycles. The molecule has 1 aromatic heterocycles. The van der Waals surface area contributed by atoms with Crippen molar-refractivity contribution in [2.24, 2.45) is 0 Å². The molecule has 138 valence electrons. The van der Waals surface area contributed by atoms with Crippen molar-refractivity contribution >= 4 is 17.8 Å². The van der Waals surface area contributed by atoms with Crippen LogP contribution < -0.4 is 5.32 Å². The molecule has 1 aromatic carbocycles. The number of hydrogen-bond donors (Lipinski definition) is 2. The zero-order valence-corrected chi connectivity index (χ0v) is 14.9. The minimum absolute atomic E-state index is 0.0141. The smallest absolute Gasteiger partial charge is 0.326 e. The summed E-state index contributed by atoms with van der Waals surface area (Å²) < 4.78 is 5.62. The molecule has 2 rings (SSSR count). The van der Waals surface area contributed by atoms with Crippen LogP contribution in [0.4, 0.5) is 0 Å². The normalized spacial score (nSPS) is 11.7. The monoisotopic (exact) mass is 359 g/mol. The number of hydrogen-bond acceptors (Lipinski definition) is 5. The maximum atomic E-state index is 12.8. The fraction of sp³-hybridized carbons (Fsp3) is 0.333. The summed E-state index contributed by atoms with van der Waals surface area (Å²) in [6.07, 6.45) is 0. The second kappa shape index (κ2) is 8.28. The Kier molecular flexibility index (Phi) is 6.11. The summed E-state index contributed by atoms with van der Waals surface area (Å²) >= 11 is 0. The average molecular weight is 359 g/mol. The Morgan fingerprint density at radius 2 is 1.92 bits per heavy atom. The summed E-state index contributed by atoms with van der Waals surface area (Å²) in [6, 6.07) is 8.01. The first-order valence-corrected chi connectivity index (χ1v) is 8.12. The number of nitrogens with zero attached hydrogens (tertiary/aromatic N) is 2. The molecule has 2 aromatic rings. The molecule has 1 heterocycles. The van der Waals surface area contributed by atoms with E-state index in [0.29, 0.717) is 11.3 Å².